The molecule has 1 aliphatic rings. The Hall–Kier alpha value is -1.53. The largest absolute Gasteiger partial charge is 0.598 e. The predicted octanol–water partition coefficient (Wildman–Crippen LogP) is 5.75. The summed E-state index contributed by atoms with van der Waals surface area (Å²) < 4.78 is 42.7. The summed E-state index contributed by atoms with van der Waals surface area (Å²) in [4.78, 5) is 22.6. The minimum atomic E-state index is -2.19. The van der Waals surface area contributed by atoms with Crippen LogP contribution in [0.3, 0.4) is 0 Å². The second kappa shape index (κ2) is 11.9. The quantitative estimate of drug-likeness (QED) is 0.174. The monoisotopic (exact) mass is 571 g/mol. The number of carbonyl (C=O) groups excluding carboxylic acids is 1. The van der Waals surface area contributed by atoms with Gasteiger partial charge in [-0.1, -0.05) is 25.9 Å². The van der Waals surface area contributed by atoms with Crippen molar-refractivity contribution in [3.05, 3.63) is 29.3 Å². The van der Waals surface area contributed by atoms with Gasteiger partial charge in [-0.2, -0.15) is 4.39 Å². The minimum Gasteiger partial charge on any atom is -0.598 e. The summed E-state index contributed by atoms with van der Waals surface area (Å²) in [6.07, 6.45) is 0.571. The van der Waals surface area contributed by atoms with Crippen molar-refractivity contribution >= 4 is 31.4 Å². The van der Waals surface area contributed by atoms with Crippen LogP contribution in [0.25, 0.3) is 0 Å². The molecule has 2 heterocycles. The Kier molecular flexibility index (Phi) is 10.2. The number of hydrogen-bond donors (Lipinski definition) is 1. The van der Waals surface area contributed by atoms with Gasteiger partial charge < -0.3 is 18.6 Å². The molecule has 0 saturated heterocycles. The van der Waals surface area contributed by atoms with E-state index < -0.39 is 60.0 Å². The van der Waals surface area contributed by atoms with Crippen molar-refractivity contribution in [1.82, 2.24) is 9.71 Å². The lowest BCUT2D eigenvalue weighted by Crippen LogP contribution is -2.52. The molecule has 38 heavy (non-hydrogen) atoms. The van der Waals surface area contributed by atoms with Crippen molar-refractivity contribution < 1.29 is 27.7 Å². The minimum absolute atomic E-state index is 0.0539. The number of esters is 1. The molecule has 1 aromatic rings. The van der Waals surface area contributed by atoms with E-state index in [4.69, 9.17) is 14.0 Å². The zero-order valence-corrected chi connectivity index (χ0v) is 26.8. The first-order valence-electron chi connectivity index (χ1n) is 13.0. The van der Waals surface area contributed by atoms with Gasteiger partial charge >= 0.3 is 5.97 Å². The number of pyridine rings is 1. The fraction of sp³-hybridized carbons (Fsp3) is 0.741. The van der Waals surface area contributed by atoms with E-state index in [1.807, 2.05) is 20.8 Å². The molecule has 0 aromatic carbocycles. The Morgan fingerprint density at radius 2 is 1.82 bits per heavy atom. The van der Waals surface area contributed by atoms with Crippen LogP contribution in [0.15, 0.2) is 17.4 Å². The number of aromatic nitrogens is 1. The molecule has 8 nitrogen and oxygen atoms in total. The number of carbonyl (C=O) groups is 1. The van der Waals surface area contributed by atoms with Crippen molar-refractivity contribution in [2.45, 2.75) is 129 Å². The van der Waals surface area contributed by atoms with Crippen LogP contribution in [-0.2, 0) is 36.8 Å². The molecule has 0 radical (unpaired) electrons. The second-order valence-corrected chi connectivity index (χ2v) is 20.2. The second-order valence-electron chi connectivity index (χ2n) is 13.4. The molecule has 1 N–H and O–H groups in total. The van der Waals surface area contributed by atoms with Crippen LogP contribution in [0.2, 0.25) is 18.1 Å². The lowest BCUT2D eigenvalue weighted by Gasteiger charge is -2.36. The number of nitrogens with one attached hydrogen (secondary N) is 1. The van der Waals surface area contributed by atoms with E-state index >= 15 is 4.39 Å². The summed E-state index contributed by atoms with van der Waals surface area (Å²) in [6, 6.07) is 1.02. The maximum atomic E-state index is 15.2. The molecule has 2 rings (SSSR count). The molecule has 0 spiro atoms. The van der Waals surface area contributed by atoms with Crippen molar-refractivity contribution in [1.29, 1.82) is 0 Å². The van der Waals surface area contributed by atoms with Gasteiger partial charge in [0, 0.05) is 23.1 Å². The summed E-state index contributed by atoms with van der Waals surface area (Å²) >= 11 is -1.51. The topological polar surface area (TPSA) is 105 Å². The van der Waals surface area contributed by atoms with Crippen molar-refractivity contribution in [3.8, 4) is 0 Å². The Morgan fingerprint density at radius 1 is 1.21 bits per heavy atom. The maximum Gasteiger partial charge on any atom is 0.308 e. The van der Waals surface area contributed by atoms with Gasteiger partial charge in [-0.3, -0.25) is 4.79 Å². The molecule has 216 valence electrons. The van der Waals surface area contributed by atoms with Crippen LogP contribution in [0.1, 0.15) is 92.7 Å². The molecule has 0 amide bonds. The van der Waals surface area contributed by atoms with Crippen LogP contribution in [0.5, 0.6) is 0 Å². The average Bonchev–Trinajstić information content (AvgIpc) is 3.10. The predicted molar refractivity (Wildman–Crippen MR) is 152 cm³/mol. The SMILES string of the molecule is CC1=NOC([C@H](CC(=O)OC(C)(C)C)N[S+]([O-])C(C)(C)C)C1c1ccnc(F)c1CO[Si](C)(C)C(C)(C)C. The van der Waals surface area contributed by atoms with E-state index in [1.54, 1.807) is 33.8 Å². The smallest absolute Gasteiger partial charge is 0.308 e. The summed E-state index contributed by atoms with van der Waals surface area (Å²) in [6.45, 7) is 23.3. The molecular weight excluding hydrogens is 525 g/mol. The van der Waals surface area contributed by atoms with E-state index in [2.05, 4.69) is 48.7 Å². The number of hydrogen-bond acceptors (Lipinski definition) is 8. The molecule has 1 aromatic heterocycles. The average molecular weight is 572 g/mol. The lowest BCUT2D eigenvalue weighted by atomic mass is 9.84. The first-order chi connectivity index (χ1) is 17.1. The molecule has 0 aliphatic carbocycles. The zero-order chi connectivity index (χ0) is 29.3. The van der Waals surface area contributed by atoms with E-state index in [9.17, 15) is 9.35 Å². The van der Waals surface area contributed by atoms with E-state index in [0.29, 0.717) is 16.8 Å². The van der Waals surface area contributed by atoms with Gasteiger partial charge in [0.2, 0.25) is 5.95 Å². The summed E-state index contributed by atoms with van der Waals surface area (Å²) in [5.74, 6) is -1.59. The maximum absolute atomic E-state index is 15.2. The van der Waals surface area contributed by atoms with E-state index in [-0.39, 0.29) is 18.1 Å². The third-order valence-electron chi connectivity index (χ3n) is 6.87. The molecule has 11 heteroatoms. The Bertz CT molecular complexity index is 1020. The van der Waals surface area contributed by atoms with Crippen molar-refractivity contribution in [2.75, 3.05) is 0 Å². The fourth-order valence-electron chi connectivity index (χ4n) is 3.69. The van der Waals surface area contributed by atoms with Gasteiger partial charge in [0.1, 0.15) is 16.4 Å². The van der Waals surface area contributed by atoms with Gasteiger partial charge in [-0.15, -0.1) is 4.72 Å². The van der Waals surface area contributed by atoms with Crippen LogP contribution in [0, 0.1) is 5.95 Å². The van der Waals surface area contributed by atoms with Crippen molar-refractivity contribution in [2.24, 2.45) is 5.16 Å². The number of oxime groups is 1. The first kappa shape index (κ1) is 32.7. The third-order valence-corrected chi connectivity index (χ3v) is 13.0. The number of ether oxygens (including phenoxy) is 1. The van der Waals surface area contributed by atoms with Gasteiger partial charge in [0.25, 0.3) is 0 Å². The van der Waals surface area contributed by atoms with Gasteiger partial charge in [-0.25, -0.2) is 4.98 Å². The van der Waals surface area contributed by atoms with Crippen LogP contribution < -0.4 is 4.72 Å². The molecule has 0 bridgehead atoms. The highest BCUT2D eigenvalue weighted by Gasteiger charge is 2.45. The van der Waals surface area contributed by atoms with E-state index in [1.165, 1.54) is 6.20 Å². The highest BCUT2D eigenvalue weighted by molar-refractivity contribution is 7.90. The molecule has 3 unspecified atom stereocenters. The summed E-state index contributed by atoms with van der Waals surface area (Å²) in [5.41, 5.74) is 0.889. The normalized spacial score (nSPS) is 20.5. The van der Waals surface area contributed by atoms with Gasteiger partial charge in [0.15, 0.2) is 14.4 Å². The molecular formula is C27H46FN3O5SSi. The molecule has 4 atom stereocenters. The molecule has 1 aliphatic heterocycles. The lowest BCUT2D eigenvalue weighted by molar-refractivity contribution is -0.156. The third kappa shape index (κ3) is 8.48. The van der Waals surface area contributed by atoms with Gasteiger partial charge in [0.05, 0.1) is 24.7 Å². The van der Waals surface area contributed by atoms with Crippen LogP contribution in [0.4, 0.5) is 4.39 Å². The first-order valence-corrected chi connectivity index (χ1v) is 17.1. The zero-order valence-electron chi connectivity index (χ0n) is 25.0. The Balaban J connectivity index is 2.47. The standard InChI is InChI=1S/C27H46FN3O5SSi/c1-17-22(18-13-14-29-24(28)19(18)16-34-38(11,12)27(8,9)10)23(36-30-17)20(31-37(33)26(5,6)7)15-21(32)35-25(2,3)4/h13-14,20,22-23,31H,15-16H2,1-12H3/t20-,22?,23?,37?/m0/s1. The highest BCUT2D eigenvalue weighted by atomic mass is 32.2. The molecule has 0 fully saturated rings. The fourth-order valence-corrected chi connectivity index (χ4v) is 5.48. The number of rotatable bonds is 9. The number of halogens is 1. The number of nitrogens with zero attached hydrogens (tertiary/aromatic N) is 2. The summed E-state index contributed by atoms with van der Waals surface area (Å²) in [5, 5.41) is 4.16. The Morgan fingerprint density at radius 3 is 2.34 bits per heavy atom. The molecule has 0 saturated carbocycles. The van der Waals surface area contributed by atoms with Crippen LogP contribution in [-0.4, -0.2) is 52.0 Å². The van der Waals surface area contributed by atoms with Crippen molar-refractivity contribution in [3.63, 3.8) is 0 Å². The highest BCUT2D eigenvalue weighted by Crippen LogP contribution is 2.39. The van der Waals surface area contributed by atoms with Gasteiger partial charge in [-0.05, 0) is 78.2 Å². The summed E-state index contributed by atoms with van der Waals surface area (Å²) in [7, 11) is -2.19. The van der Waals surface area contributed by atoms with Crippen LogP contribution >= 0.6 is 0 Å². The van der Waals surface area contributed by atoms with E-state index in [0.717, 1.165) is 0 Å². The Labute approximate surface area is 231 Å².